The number of aliphatic carboxylic acids is 1. The summed E-state index contributed by atoms with van der Waals surface area (Å²) in [6.07, 6.45) is 0.569. The first-order chi connectivity index (χ1) is 8.49. The Labute approximate surface area is 104 Å². The Hall–Kier alpha value is -1.49. The number of nitrogens with zero attached hydrogens (tertiary/aromatic N) is 1. The summed E-state index contributed by atoms with van der Waals surface area (Å²) < 4.78 is 26.3. The molecule has 0 amide bonds. The largest absolute Gasteiger partial charge is 0.481 e. The Bertz CT molecular complexity index is 464. The Morgan fingerprint density at radius 1 is 1.50 bits per heavy atom. The summed E-state index contributed by atoms with van der Waals surface area (Å²) in [5, 5.41) is 9.01. The molecule has 1 N–H and O–H groups in total. The number of carbonyl (C=O) groups is 1. The van der Waals surface area contributed by atoms with E-state index in [2.05, 4.69) is 0 Å². The molecule has 2 rings (SSSR count). The van der Waals surface area contributed by atoms with Crippen LogP contribution in [0.15, 0.2) is 18.2 Å². The number of carboxylic acid groups (broad SMARTS) is 1. The topological polar surface area (TPSA) is 40.5 Å². The van der Waals surface area contributed by atoms with Crippen molar-refractivity contribution in [2.75, 3.05) is 6.54 Å². The Balaban J connectivity index is 2.09. The molecule has 1 saturated heterocycles. The summed E-state index contributed by atoms with van der Waals surface area (Å²) in [7, 11) is 0. The molecule has 0 aliphatic carbocycles. The molecule has 0 aromatic heterocycles. The van der Waals surface area contributed by atoms with Crippen molar-refractivity contribution in [3.05, 3.63) is 35.4 Å². The van der Waals surface area contributed by atoms with Crippen LogP contribution >= 0.6 is 0 Å². The standard InChI is InChI=1S/C13H15F2NO2/c1-8-11(13(17)18)4-5-16(8)7-9-2-3-10(14)6-12(9)15/h2-3,6,8,11H,4-5,7H2,1H3,(H,17,18). The highest BCUT2D eigenvalue weighted by molar-refractivity contribution is 5.71. The molecule has 0 saturated carbocycles. The van der Waals surface area contributed by atoms with Crippen LogP contribution in [0.25, 0.3) is 0 Å². The van der Waals surface area contributed by atoms with Gasteiger partial charge in [-0.25, -0.2) is 8.78 Å². The maximum atomic E-state index is 13.5. The first-order valence-electron chi connectivity index (χ1n) is 5.90. The molecule has 1 aliphatic rings. The molecule has 0 bridgehead atoms. The second-order valence-corrected chi connectivity index (χ2v) is 4.68. The molecule has 3 nitrogen and oxygen atoms in total. The second kappa shape index (κ2) is 5.02. The predicted molar refractivity (Wildman–Crippen MR) is 62.0 cm³/mol. The molecule has 1 heterocycles. The summed E-state index contributed by atoms with van der Waals surface area (Å²) in [5.74, 6) is -2.41. The van der Waals surface area contributed by atoms with Gasteiger partial charge in [-0.15, -0.1) is 0 Å². The van der Waals surface area contributed by atoms with Crippen LogP contribution in [0.5, 0.6) is 0 Å². The number of carboxylic acids is 1. The van der Waals surface area contributed by atoms with Crippen molar-refractivity contribution in [3.8, 4) is 0 Å². The minimum absolute atomic E-state index is 0.132. The minimum atomic E-state index is -0.815. The number of hydrogen-bond acceptors (Lipinski definition) is 2. The van der Waals surface area contributed by atoms with Gasteiger partial charge in [0.05, 0.1) is 5.92 Å². The molecule has 2 atom stereocenters. The zero-order chi connectivity index (χ0) is 13.3. The van der Waals surface area contributed by atoms with E-state index in [0.717, 1.165) is 6.07 Å². The third-order valence-corrected chi connectivity index (χ3v) is 3.59. The highest BCUT2D eigenvalue weighted by Crippen LogP contribution is 2.26. The van der Waals surface area contributed by atoms with E-state index in [1.165, 1.54) is 12.1 Å². The van der Waals surface area contributed by atoms with Crippen molar-refractivity contribution in [2.45, 2.75) is 25.9 Å². The van der Waals surface area contributed by atoms with Gasteiger partial charge >= 0.3 is 5.97 Å². The lowest BCUT2D eigenvalue weighted by Gasteiger charge is -2.23. The number of benzene rings is 1. The second-order valence-electron chi connectivity index (χ2n) is 4.68. The van der Waals surface area contributed by atoms with E-state index in [1.54, 1.807) is 0 Å². The van der Waals surface area contributed by atoms with E-state index in [9.17, 15) is 13.6 Å². The normalized spacial score (nSPS) is 24.4. The minimum Gasteiger partial charge on any atom is -0.481 e. The maximum absolute atomic E-state index is 13.5. The van der Waals surface area contributed by atoms with Crippen LogP contribution in [-0.4, -0.2) is 28.6 Å². The smallest absolute Gasteiger partial charge is 0.308 e. The van der Waals surface area contributed by atoms with Crippen LogP contribution in [0, 0.1) is 17.6 Å². The predicted octanol–water partition coefficient (Wildman–Crippen LogP) is 2.26. The lowest BCUT2D eigenvalue weighted by atomic mass is 10.0. The summed E-state index contributed by atoms with van der Waals surface area (Å²) in [6.45, 7) is 2.76. The van der Waals surface area contributed by atoms with Crippen molar-refractivity contribution < 1.29 is 18.7 Å². The quantitative estimate of drug-likeness (QED) is 0.900. The maximum Gasteiger partial charge on any atom is 0.308 e. The summed E-state index contributed by atoms with van der Waals surface area (Å²) in [5.41, 5.74) is 0.397. The van der Waals surface area contributed by atoms with Crippen LogP contribution in [0.2, 0.25) is 0 Å². The molecular weight excluding hydrogens is 240 g/mol. The van der Waals surface area contributed by atoms with E-state index in [1.807, 2.05) is 11.8 Å². The van der Waals surface area contributed by atoms with Crippen LogP contribution in [-0.2, 0) is 11.3 Å². The first-order valence-corrected chi connectivity index (χ1v) is 5.90. The monoisotopic (exact) mass is 255 g/mol. The number of halogens is 2. The molecule has 18 heavy (non-hydrogen) atoms. The average molecular weight is 255 g/mol. The number of rotatable bonds is 3. The third kappa shape index (κ3) is 2.51. The van der Waals surface area contributed by atoms with Gasteiger partial charge in [-0.05, 0) is 26.0 Å². The van der Waals surface area contributed by atoms with E-state index >= 15 is 0 Å². The molecular formula is C13H15F2NO2. The van der Waals surface area contributed by atoms with Gasteiger partial charge in [0, 0.05) is 24.2 Å². The Kier molecular flexibility index (Phi) is 3.61. The van der Waals surface area contributed by atoms with E-state index in [4.69, 9.17) is 5.11 Å². The summed E-state index contributed by atoms with van der Waals surface area (Å²) >= 11 is 0. The average Bonchev–Trinajstić information content (AvgIpc) is 2.64. The molecule has 2 unspecified atom stereocenters. The van der Waals surface area contributed by atoms with Crippen molar-refractivity contribution in [1.29, 1.82) is 0 Å². The fourth-order valence-corrected chi connectivity index (χ4v) is 2.43. The van der Waals surface area contributed by atoms with Gasteiger partial charge in [0.25, 0.3) is 0 Å². The fourth-order valence-electron chi connectivity index (χ4n) is 2.43. The molecule has 1 fully saturated rings. The molecule has 5 heteroatoms. The van der Waals surface area contributed by atoms with Gasteiger partial charge in [0.2, 0.25) is 0 Å². The molecule has 0 spiro atoms. The van der Waals surface area contributed by atoms with Crippen LogP contribution in [0.1, 0.15) is 18.9 Å². The fraction of sp³-hybridized carbons (Fsp3) is 0.462. The van der Waals surface area contributed by atoms with Gasteiger partial charge in [-0.1, -0.05) is 6.07 Å². The molecule has 0 radical (unpaired) electrons. The van der Waals surface area contributed by atoms with Crippen molar-refractivity contribution in [3.63, 3.8) is 0 Å². The van der Waals surface area contributed by atoms with E-state index in [0.29, 0.717) is 25.1 Å². The zero-order valence-electron chi connectivity index (χ0n) is 10.1. The van der Waals surface area contributed by atoms with Crippen LogP contribution in [0.3, 0.4) is 0 Å². The van der Waals surface area contributed by atoms with Gasteiger partial charge in [-0.3, -0.25) is 9.69 Å². The highest BCUT2D eigenvalue weighted by Gasteiger charge is 2.35. The van der Waals surface area contributed by atoms with Crippen LogP contribution in [0.4, 0.5) is 8.78 Å². The molecule has 1 aliphatic heterocycles. The van der Waals surface area contributed by atoms with E-state index < -0.39 is 23.5 Å². The Morgan fingerprint density at radius 3 is 2.78 bits per heavy atom. The Morgan fingerprint density at radius 2 is 2.22 bits per heavy atom. The zero-order valence-corrected chi connectivity index (χ0v) is 10.1. The highest BCUT2D eigenvalue weighted by atomic mass is 19.1. The molecule has 1 aromatic carbocycles. The molecule has 98 valence electrons. The van der Waals surface area contributed by atoms with Crippen molar-refractivity contribution in [1.82, 2.24) is 4.90 Å². The van der Waals surface area contributed by atoms with Gasteiger partial charge in [0.15, 0.2) is 0 Å². The third-order valence-electron chi connectivity index (χ3n) is 3.59. The summed E-state index contributed by atoms with van der Waals surface area (Å²) in [4.78, 5) is 12.9. The van der Waals surface area contributed by atoms with Gasteiger partial charge in [-0.2, -0.15) is 0 Å². The van der Waals surface area contributed by atoms with Crippen molar-refractivity contribution in [2.24, 2.45) is 5.92 Å². The van der Waals surface area contributed by atoms with Gasteiger partial charge < -0.3 is 5.11 Å². The molecule has 1 aromatic rings. The van der Waals surface area contributed by atoms with Crippen LogP contribution < -0.4 is 0 Å². The summed E-state index contributed by atoms with van der Waals surface area (Å²) in [6, 6.07) is 3.34. The number of likely N-dealkylation sites (tertiary alicyclic amines) is 1. The SMILES string of the molecule is CC1C(C(=O)O)CCN1Cc1ccc(F)cc1F. The van der Waals surface area contributed by atoms with E-state index in [-0.39, 0.29) is 6.04 Å². The lowest BCUT2D eigenvalue weighted by molar-refractivity contribution is -0.142. The lowest BCUT2D eigenvalue weighted by Crippen LogP contribution is -2.32. The van der Waals surface area contributed by atoms with Crippen molar-refractivity contribution >= 4 is 5.97 Å². The van der Waals surface area contributed by atoms with Gasteiger partial charge in [0.1, 0.15) is 11.6 Å². The number of hydrogen-bond donors (Lipinski definition) is 1. The first kappa shape index (κ1) is 13.0.